The fraction of sp³-hybridized carbons (Fsp3) is 0.400. The van der Waals surface area contributed by atoms with Gasteiger partial charge in [0, 0.05) is 22.9 Å². The largest absolute Gasteiger partial charge is 0.469 e. The molecule has 1 aromatic heterocycles. The molecule has 0 aliphatic rings. The molecule has 0 radical (unpaired) electrons. The standard InChI is InChI=1S/C15H19NO4S/c1-9(15(17)20-3)7-12-10(2)16-14-6-5-11(8-13(12)14)21(4,18)19/h5-6,8-9,16H,7H2,1-4H3. The van der Waals surface area contributed by atoms with Crippen molar-refractivity contribution in [3.63, 3.8) is 0 Å². The minimum absolute atomic E-state index is 0.275. The Labute approximate surface area is 124 Å². The van der Waals surface area contributed by atoms with Gasteiger partial charge in [0.2, 0.25) is 0 Å². The van der Waals surface area contributed by atoms with Crippen LogP contribution in [0.2, 0.25) is 0 Å². The zero-order valence-corrected chi connectivity index (χ0v) is 13.4. The highest BCUT2D eigenvalue weighted by Gasteiger charge is 2.19. The van der Waals surface area contributed by atoms with Gasteiger partial charge in [-0.2, -0.15) is 0 Å². The fourth-order valence-corrected chi connectivity index (χ4v) is 3.09. The Morgan fingerprint density at radius 2 is 2.05 bits per heavy atom. The van der Waals surface area contributed by atoms with E-state index in [1.807, 2.05) is 6.92 Å². The molecule has 0 fully saturated rings. The van der Waals surface area contributed by atoms with Gasteiger partial charge in [-0.15, -0.1) is 0 Å². The number of hydrogen-bond donors (Lipinski definition) is 1. The predicted molar refractivity (Wildman–Crippen MR) is 81.0 cm³/mol. The van der Waals surface area contributed by atoms with Gasteiger partial charge >= 0.3 is 5.97 Å². The number of aromatic nitrogens is 1. The van der Waals surface area contributed by atoms with Crippen LogP contribution in [0.5, 0.6) is 0 Å². The van der Waals surface area contributed by atoms with Crippen LogP contribution in [0, 0.1) is 12.8 Å². The van der Waals surface area contributed by atoms with Gasteiger partial charge in [0.25, 0.3) is 0 Å². The maximum Gasteiger partial charge on any atom is 0.308 e. The highest BCUT2D eigenvalue weighted by molar-refractivity contribution is 7.90. The summed E-state index contributed by atoms with van der Waals surface area (Å²) in [4.78, 5) is 15.1. The zero-order valence-electron chi connectivity index (χ0n) is 12.6. The third-order valence-corrected chi connectivity index (χ3v) is 4.74. The zero-order chi connectivity index (χ0) is 15.8. The van der Waals surface area contributed by atoms with E-state index in [2.05, 4.69) is 4.98 Å². The monoisotopic (exact) mass is 309 g/mol. The summed E-state index contributed by atoms with van der Waals surface area (Å²) in [7, 11) is -1.89. The molecule has 0 saturated carbocycles. The second-order valence-corrected chi connectivity index (χ2v) is 7.35. The SMILES string of the molecule is COC(=O)C(C)Cc1c(C)[nH]c2ccc(S(C)(=O)=O)cc12. The number of hydrogen-bond acceptors (Lipinski definition) is 4. The minimum atomic E-state index is -3.26. The average Bonchev–Trinajstić information content (AvgIpc) is 2.72. The first-order valence-electron chi connectivity index (χ1n) is 6.63. The molecule has 114 valence electrons. The van der Waals surface area contributed by atoms with Gasteiger partial charge in [-0.25, -0.2) is 8.42 Å². The average molecular weight is 309 g/mol. The maximum atomic E-state index is 11.7. The highest BCUT2D eigenvalue weighted by Crippen LogP contribution is 2.27. The number of ether oxygens (including phenoxy) is 1. The molecule has 1 N–H and O–H groups in total. The number of methoxy groups -OCH3 is 1. The smallest absolute Gasteiger partial charge is 0.308 e. The first kappa shape index (κ1) is 15.6. The van der Waals surface area contributed by atoms with E-state index in [-0.39, 0.29) is 16.8 Å². The highest BCUT2D eigenvalue weighted by atomic mass is 32.2. The summed E-state index contributed by atoms with van der Waals surface area (Å²) in [6.07, 6.45) is 1.69. The van der Waals surface area contributed by atoms with E-state index in [1.54, 1.807) is 25.1 Å². The number of nitrogens with one attached hydrogen (secondary N) is 1. The molecular formula is C15H19NO4S. The van der Waals surface area contributed by atoms with Crippen LogP contribution in [-0.2, 0) is 25.8 Å². The lowest BCUT2D eigenvalue weighted by Gasteiger charge is -2.09. The molecule has 0 aliphatic carbocycles. The Morgan fingerprint density at radius 1 is 1.38 bits per heavy atom. The van der Waals surface area contributed by atoms with E-state index in [4.69, 9.17) is 4.74 Å². The second kappa shape index (κ2) is 5.52. The lowest BCUT2D eigenvalue weighted by atomic mass is 9.99. The van der Waals surface area contributed by atoms with Crippen LogP contribution in [0.1, 0.15) is 18.2 Å². The molecule has 0 aliphatic heterocycles. The number of sulfone groups is 1. The summed E-state index contributed by atoms with van der Waals surface area (Å²) in [5.41, 5.74) is 2.76. The summed E-state index contributed by atoms with van der Waals surface area (Å²) >= 11 is 0. The van der Waals surface area contributed by atoms with Crippen molar-refractivity contribution < 1.29 is 17.9 Å². The third kappa shape index (κ3) is 3.10. The number of aryl methyl sites for hydroxylation is 1. The maximum absolute atomic E-state index is 11.7. The molecule has 1 heterocycles. The number of carbonyl (C=O) groups excluding carboxylic acids is 1. The van der Waals surface area contributed by atoms with Crippen LogP contribution in [0.4, 0.5) is 0 Å². The first-order chi connectivity index (χ1) is 9.74. The Hall–Kier alpha value is -1.82. The number of rotatable bonds is 4. The second-order valence-electron chi connectivity index (χ2n) is 5.34. The van der Waals surface area contributed by atoms with Gasteiger partial charge in [0.1, 0.15) is 0 Å². The summed E-state index contributed by atoms with van der Waals surface area (Å²) in [5.74, 6) is -0.558. The molecule has 0 saturated heterocycles. The van der Waals surface area contributed by atoms with Crippen molar-refractivity contribution in [2.45, 2.75) is 25.2 Å². The lowest BCUT2D eigenvalue weighted by molar-refractivity contribution is -0.144. The third-order valence-electron chi connectivity index (χ3n) is 3.63. The van der Waals surface area contributed by atoms with Gasteiger partial charge in [-0.05, 0) is 37.1 Å². The van der Waals surface area contributed by atoms with Gasteiger partial charge in [-0.1, -0.05) is 6.92 Å². The molecule has 1 atom stereocenters. The van der Waals surface area contributed by atoms with E-state index in [0.717, 1.165) is 22.2 Å². The molecule has 2 rings (SSSR count). The molecule has 0 bridgehead atoms. The molecule has 5 nitrogen and oxygen atoms in total. The molecule has 0 amide bonds. The molecule has 1 unspecified atom stereocenters. The number of carbonyl (C=O) groups is 1. The number of fused-ring (bicyclic) bond motifs is 1. The van der Waals surface area contributed by atoms with E-state index < -0.39 is 9.84 Å². The summed E-state index contributed by atoms with van der Waals surface area (Å²) < 4.78 is 28.1. The Balaban J connectivity index is 2.52. The van der Waals surface area contributed by atoms with Crippen molar-refractivity contribution in [3.8, 4) is 0 Å². The summed E-state index contributed by atoms with van der Waals surface area (Å²) in [5, 5.41) is 0.839. The van der Waals surface area contributed by atoms with Crippen molar-refractivity contribution in [1.82, 2.24) is 4.98 Å². The number of H-pyrrole nitrogens is 1. The number of esters is 1. The van der Waals surface area contributed by atoms with E-state index in [1.165, 1.54) is 13.4 Å². The van der Waals surface area contributed by atoms with Crippen LogP contribution in [0.25, 0.3) is 10.9 Å². The number of benzene rings is 1. The minimum Gasteiger partial charge on any atom is -0.469 e. The van der Waals surface area contributed by atoms with Gasteiger partial charge in [-0.3, -0.25) is 4.79 Å². The van der Waals surface area contributed by atoms with Gasteiger partial charge in [0.15, 0.2) is 9.84 Å². The topological polar surface area (TPSA) is 76.2 Å². The van der Waals surface area contributed by atoms with E-state index in [9.17, 15) is 13.2 Å². The van der Waals surface area contributed by atoms with Crippen LogP contribution in [-0.4, -0.2) is 32.7 Å². The molecule has 0 spiro atoms. The van der Waals surface area contributed by atoms with Crippen LogP contribution in [0.3, 0.4) is 0 Å². The molecule has 2 aromatic rings. The van der Waals surface area contributed by atoms with E-state index >= 15 is 0 Å². The quantitative estimate of drug-likeness (QED) is 0.879. The Kier molecular flexibility index (Phi) is 4.09. The van der Waals surface area contributed by atoms with Crippen LogP contribution < -0.4 is 0 Å². The van der Waals surface area contributed by atoms with Crippen molar-refractivity contribution in [3.05, 3.63) is 29.5 Å². The molecule has 6 heteroatoms. The molecule has 21 heavy (non-hydrogen) atoms. The predicted octanol–water partition coefficient (Wildman–Crippen LogP) is 2.23. The van der Waals surface area contributed by atoms with Crippen molar-refractivity contribution in [1.29, 1.82) is 0 Å². The van der Waals surface area contributed by atoms with Crippen molar-refractivity contribution in [2.24, 2.45) is 5.92 Å². The van der Waals surface area contributed by atoms with Gasteiger partial charge in [0.05, 0.1) is 17.9 Å². The lowest BCUT2D eigenvalue weighted by Crippen LogP contribution is -2.15. The Morgan fingerprint density at radius 3 is 2.62 bits per heavy atom. The number of aromatic amines is 1. The Bertz CT molecular complexity index is 789. The van der Waals surface area contributed by atoms with Crippen molar-refractivity contribution in [2.75, 3.05) is 13.4 Å². The summed E-state index contributed by atoms with van der Waals surface area (Å²) in [6, 6.07) is 5.00. The van der Waals surface area contributed by atoms with Crippen molar-refractivity contribution >= 4 is 26.7 Å². The van der Waals surface area contributed by atoms with Crippen LogP contribution in [0.15, 0.2) is 23.1 Å². The van der Waals surface area contributed by atoms with E-state index in [0.29, 0.717) is 6.42 Å². The van der Waals surface area contributed by atoms with Gasteiger partial charge < -0.3 is 9.72 Å². The fourth-order valence-electron chi connectivity index (χ4n) is 2.45. The summed E-state index contributed by atoms with van der Waals surface area (Å²) in [6.45, 7) is 3.71. The normalized spacial score (nSPS) is 13.3. The van der Waals surface area contributed by atoms with Crippen LogP contribution >= 0.6 is 0 Å². The molecule has 1 aromatic carbocycles. The first-order valence-corrected chi connectivity index (χ1v) is 8.52. The molecular weight excluding hydrogens is 290 g/mol.